The third-order valence-corrected chi connectivity index (χ3v) is 2.70. The lowest BCUT2D eigenvalue weighted by Crippen LogP contribution is -2.28. The van der Waals surface area contributed by atoms with Crippen LogP contribution in [-0.4, -0.2) is 34.3 Å². The Bertz CT molecular complexity index is 371. The standard InChI is InChI=1S/C12H22N4O2/c1-4-18-12-10(13)11(14-7-15-12)16-9(5-6-17)8(2)3/h7-9,17H,4-6,13H2,1-3H3,(H,14,15,16). The maximum atomic E-state index is 9.04. The predicted octanol–water partition coefficient (Wildman–Crippen LogP) is 1.28. The summed E-state index contributed by atoms with van der Waals surface area (Å²) < 4.78 is 5.31. The molecule has 0 saturated heterocycles. The Morgan fingerprint density at radius 1 is 1.44 bits per heavy atom. The van der Waals surface area contributed by atoms with E-state index in [2.05, 4.69) is 29.1 Å². The summed E-state index contributed by atoms with van der Waals surface area (Å²) >= 11 is 0. The number of aromatic nitrogens is 2. The van der Waals surface area contributed by atoms with E-state index in [4.69, 9.17) is 15.6 Å². The Morgan fingerprint density at radius 3 is 2.72 bits per heavy atom. The molecule has 102 valence electrons. The van der Waals surface area contributed by atoms with Gasteiger partial charge in [-0.05, 0) is 19.3 Å². The number of anilines is 2. The highest BCUT2D eigenvalue weighted by atomic mass is 16.5. The average Bonchev–Trinajstić information content (AvgIpc) is 2.33. The number of ether oxygens (including phenoxy) is 1. The molecule has 6 nitrogen and oxygen atoms in total. The predicted molar refractivity (Wildman–Crippen MR) is 71.6 cm³/mol. The molecule has 1 aromatic heterocycles. The summed E-state index contributed by atoms with van der Waals surface area (Å²) in [5.74, 6) is 1.31. The zero-order chi connectivity index (χ0) is 13.5. The van der Waals surface area contributed by atoms with Crippen LogP contribution in [0.25, 0.3) is 0 Å². The second kappa shape index (κ2) is 7.00. The van der Waals surface area contributed by atoms with Crippen molar-refractivity contribution in [3.05, 3.63) is 6.33 Å². The second-order valence-corrected chi connectivity index (χ2v) is 4.38. The Balaban J connectivity index is 2.85. The van der Waals surface area contributed by atoms with Gasteiger partial charge in [-0.1, -0.05) is 13.8 Å². The molecule has 0 aromatic carbocycles. The van der Waals surface area contributed by atoms with Crippen molar-refractivity contribution >= 4 is 11.5 Å². The first-order chi connectivity index (χ1) is 8.60. The van der Waals surface area contributed by atoms with Crippen LogP contribution >= 0.6 is 0 Å². The highest BCUT2D eigenvalue weighted by Gasteiger charge is 2.16. The van der Waals surface area contributed by atoms with E-state index >= 15 is 0 Å². The van der Waals surface area contributed by atoms with Gasteiger partial charge < -0.3 is 20.9 Å². The van der Waals surface area contributed by atoms with Crippen LogP contribution in [-0.2, 0) is 0 Å². The summed E-state index contributed by atoms with van der Waals surface area (Å²) in [5, 5.41) is 12.3. The monoisotopic (exact) mass is 254 g/mol. The fraction of sp³-hybridized carbons (Fsp3) is 0.667. The molecule has 1 heterocycles. The van der Waals surface area contributed by atoms with Gasteiger partial charge in [0.1, 0.15) is 12.0 Å². The highest BCUT2D eigenvalue weighted by Crippen LogP contribution is 2.26. The molecule has 0 saturated carbocycles. The van der Waals surface area contributed by atoms with Gasteiger partial charge in [-0.25, -0.2) is 4.98 Å². The summed E-state index contributed by atoms with van der Waals surface area (Å²) in [6.07, 6.45) is 2.06. The van der Waals surface area contributed by atoms with E-state index in [0.29, 0.717) is 36.3 Å². The molecule has 1 aromatic rings. The molecule has 0 bridgehead atoms. The molecule has 6 heteroatoms. The lowest BCUT2D eigenvalue weighted by Gasteiger charge is -2.23. The molecule has 0 aliphatic heterocycles. The smallest absolute Gasteiger partial charge is 0.242 e. The molecule has 0 radical (unpaired) electrons. The number of hydrogen-bond donors (Lipinski definition) is 3. The summed E-state index contributed by atoms with van der Waals surface area (Å²) in [6, 6.07) is 0.113. The lowest BCUT2D eigenvalue weighted by molar-refractivity contribution is 0.267. The number of nitrogen functional groups attached to an aromatic ring is 1. The van der Waals surface area contributed by atoms with Gasteiger partial charge in [0.05, 0.1) is 6.61 Å². The van der Waals surface area contributed by atoms with Crippen molar-refractivity contribution in [2.45, 2.75) is 33.2 Å². The van der Waals surface area contributed by atoms with Crippen molar-refractivity contribution in [3.8, 4) is 5.88 Å². The molecule has 1 atom stereocenters. The van der Waals surface area contributed by atoms with Gasteiger partial charge in [-0.3, -0.25) is 0 Å². The topological polar surface area (TPSA) is 93.3 Å². The van der Waals surface area contributed by atoms with Crippen LogP contribution in [0.15, 0.2) is 6.33 Å². The van der Waals surface area contributed by atoms with Gasteiger partial charge in [-0.2, -0.15) is 4.98 Å². The maximum Gasteiger partial charge on any atom is 0.242 e. The van der Waals surface area contributed by atoms with Crippen molar-refractivity contribution in [2.24, 2.45) is 5.92 Å². The van der Waals surface area contributed by atoms with E-state index in [9.17, 15) is 0 Å². The fourth-order valence-electron chi connectivity index (χ4n) is 1.63. The number of hydrogen-bond acceptors (Lipinski definition) is 6. The van der Waals surface area contributed by atoms with Gasteiger partial charge in [0.25, 0.3) is 0 Å². The average molecular weight is 254 g/mol. The Labute approximate surface area is 108 Å². The highest BCUT2D eigenvalue weighted by molar-refractivity contribution is 5.66. The SMILES string of the molecule is CCOc1ncnc(NC(CCO)C(C)C)c1N. The van der Waals surface area contributed by atoms with Gasteiger partial charge >= 0.3 is 0 Å². The van der Waals surface area contributed by atoms with Crippen molar-refractivity contribution < 1.29 is 9.84 Å². The van der Waals surface area contributed by atoms with Crippen LogP contribution in [0.1, 0.15) is 27.2 Å². The molecule has 0 spiro atoms. The maximum absolute atomic E-state index is 9.04. The van der Waals surface area contributed by atoms with Crippen molar-refractivity contribution in [3.63, 3.8) is 0 Å². The molecule has 0 aliphatic carbocycles. The van der Waals surface area contributed by atoms with E-state index in [-0.39, 0.29) is 12.6 Å². The number of nitrogens with two attached hydrogens (primary N) is 1. The van der Waals surface area contributed by atoms with Crippen molar-refractivity contribution in [1.29, 1.82) is 0 Å². The quantitative estimate of drug-likeness (QED) is 0.678. The second-order valence-electron chi connectivity index (χ2n) is 4.38. The van der Waals surface area contributed by atoms with Crippen LogP contribution in [0.4, 0.5) is 11.5 Å². The van der Waals surface area contributed by atoms with Gasteiger partial charge in [-0.15, -0.1) is 0 Å². The fourth-order valence-corrected chi connectivity index (χ4v) is 1.63. The van der Waals surface area contributed by atoms with Crippen molar-refractivity contribution in [2.75, 3.05) is 24.3 Å². The van der Waals surface area contributed by atoms with Crippen LogP contribution in [0, 0.1) is 5.92 Å². The summed E-state index contributed by atoms with van der Waals surface area (Å²) in [7, 11) is 0. The van der Waals surface area contributed by atoms with Crippen LogP contribution < -0.4 is 15.8 Å². The van der Waals surface area contributed by atoms with Crippen molar-refractivity contribution in [1.82, 2.24) is 9.97 Å². The largest absolute Gasteiger partial charge is 0.476 e. The molecule has 0 fully saturated rings. The van der Waals surface area contributed by atoms with Gasteiger partial charge in [0.2, 0.25) is 5.88 Å². The molecule has 1 rings (SSSR count). The molecule has 1 unspecified atom stereocenters. The summed E-state index contributed by atoms with van der Waals surface area (Å²) in [5.41, 5.74) is 6.34. The first-order valence-electron chi connectivity index (χ1n) is 6.20. The number of nitrogens with one attached hydrogen (secondary N) is 1. The zero-order valence-corrected chi connectivity index (χ0v) is 11.2. The first-order valence-corrected chi connectivity index (χ1v) is 6.20. The van der Waals surface area contributed by atoms with E-state index in [1.807, 2.05) is 6.92 Å². The zero-order valence-electron chi connectivity index (χ0n) is 11.2. The molecule has 4 N–H and O–H groups in total. The van der Waals surface area contributed by atoms with E-state index in [1.165, 1.54) is 6.33 Å². The third kappa shape index (κ3) is 3.73. The molecule has 18 heavy (non-hydrogen) atoms. The Kier molecular flexibility index (Phi) is 5.64. The molecule has 0 amide bonds. The van der Waals surface area contributed by atoms with E-state index in [1.54, 1.807) is 0 Å². The number of aliphatic hydroxyl groups excluding tert-OH is 1. The Hall–Kier alpha value is -1.56. The van der Waals surface area contributed by atoms with Crippen LogP contribution in [0.3, 0.4) is 0 Å². The molecular weight excluding hydrogens is 232 g/mol. The van der Waals surface area contributed by atoms with E-state index in [0.717, 1.165) is 0 Å². The third-order valence-electron chi connectivity index (χ3n) is 2.70. The normalized spacial score (nSPS) is 12.5. The molecular formula is C12H22N4O2. The van der Waals surface area contributed by atoms with Gasteiger partial charge in [0, 0.05) is 12.6 Å². The summed E-state index contributed by atoms with van der Waals surface area (Å²) in [4.78, 5) is 8.10. The van der Waals surface area contributed by atoms with E-state index < -0.39 is 0 Å². The molecule has 0 aliphatic rings. The number of nitrogens with zero attached hydrogens (tertiary/aromatic N) is 2. The lowest BCUT2D eigenvalue weighted by atomic mass is 10.0. The minimum absolute atomic E-state index is 0.113. The first kappa shape index (κ1) is 14.5. The number of aliphatic hydroxyl groups is 1. The minimum atomic E-state index is 0.113. The Morgan fingerprint density at radius 2 is 2.17 bits per heavy atom. The summed E-state index contributed by atoms with van der Waals surface area (Å²) in [6.45, 7) is 6.66. The number of rotatable bonds is 7. The minimum Gasteiger partial charge on any atom is -0.476 e. The van der Waals surface area contributed by atoms with Crippen LogP contribution in [0.2, 0.25) is 0 Å². The van der Waals surface area contributed by atoms with Gasteiger partial charge in [0.15, 0.2) is 5.82 Å². The van der Waals surface area contributed by atoms with Crippen LogP contribution in [0.5, 0.6) is 5.88 Å².